The standard InChI is InChI=1S/C11H19NO5/c1-6-15-8(13)11(9(14)16-7-2)12(17-11)10(3,4)5/h6-7H2,1-5H3. The second-order valence-corrected chi connectivity index (χ2v) is 4.64. The predicted molar refractivity (Wildman–Crippen MR) is 58.7 cm³/mol. The van der Waals surface area contributed by atoms with E-state index in [9.17, 15) is 9.59 Å². The fraction of sp³-hybridized carbons (Fsp3) is 0.818. The van der Waals surface area contributed by atoms with Gasteiger partial charge in [0.15, 0.2) is 0 Å². The molecule has 1 fully saturated rings. The molecule has 0 aromatic carbocycles. The lowest BCUT2D eigenvalue weighted by atomic mass is 10.1. The minimum Gasteiger partial charge on any atom is -0.462 e. The number of carbonyl (C=O) groups excluding carboxylic acids is 2. The summed E-state index contributed by atoms with van der Waals surface area (Å²) in [5, 5.41) is 1.30. The van der Waals surface area contributed by atoms with Gasteiger partial charge in [-0.2, -0.15) is 0 Å². The van der Waals surface area contributed by atoms with Gasteiger partial charge in [0.1, 0.15) is 0 Å². The van der Waals surface area contributed by atoms with Crippen molar-refractivity contribution in [2.75, 3.05) is 13.2 Å². The van der Waals surface area contributed by atoms with E-state index in [4.69, 9.17) is 14.3 Å². The Morgan fingerprint density at radius 3 is 1.76 bits per heavy atom. The third-order valence-corrected chi connectivity index (χ3v) is 2.19. The van der Waals surface area contributed by atoms with Crippen molar-refractivity contribution >= 4 is 11.9 Å². The molecule has 98 valence electrons. The van der Waals surface area contributed by atoms with Gasteiger partial charge in [-0.15, -0.1) is 5.06 Å². The van der Waals surface area contributed by atoms with Crippen LogP contribution in [0.4, 0.5) is 0 Å². The van der Waals surface area contributed by atoms with Gasteiger partial charge in [-0.1, -0.05) is 0 Å². The first-order chi connectivity index (χ1) is 7.80. The van der Waals surface area contributed by atoms with Crippen LogP contribution >= 0.6 is 0 Å². The number of rotatable bonds is 4. The average molecular weight is 245 g/mol. The first kappa shape index (κ1) is 13.9. The zero-order valence-corrected chi connectivity index (χ0v) is 10.9. The van der Waals surface area contributed by atoms with Gasteiger partial charge in [0.2, 0.25) is 0 Å². The summed E-state index contributed by atoms with van der Waals surface area (Å²) in [7, 11) is 0. The van der Waals surface area contributed by atoms with E-state index in [1.807, 2.05) is 20.8 Å². The van der Waals surface area contributed by atoms with Gasteiger partial charge in [0.25, 0.3) is 0 Å². The van der Waals surface area contributed by atoms with Crippen LogP contribution in [-0.2, 0) is 23.9 Å². The van der Waals surface area contributed by atoms with Gasteiger partial charge in [-0.3, -0.25) is 0 Å². The Labute approximate surface area is 101 Å². The molecule has 0 saturated carbocycles. The Morgan fingerprint density at radius 1 is 1.12 bits per heavy atom. The maximum atomic E-state index is 11.8. The summed E-state index contributed by atoms with van der Waals surface area (Å²) >= 11 is 0. The smallest absolute Gasteiger partial charge is 0.370 e. The number of carbonyl (C=O) groups is 2. The largest absolute Gasteiger partial charge is 0.462 e. The second kappa shape index (κ2) is 4.62. The van der Waals surface area contributed by atoms with Crippen LogP contribution in [0.25, 0.3) is 0 Å². The van der Waals surface area contributed by atoms with Crippen molar-refractivity contribution < 1.29 is 23.9 Å². The highest BCUT2D eigenvalue weighted by atomic mass is 16.9. The van der Waals surface area contributed by atoms with E-state index < -0.39 is 23.2 Å². The molecule has 1 aliphatic rings. The van der Waals surface area contributed by atoms with Crippen LogP contribution in [0.2, 0.25) is 0 Å². The Hall–Kier alpha value is -1.14. The minimum atomic E-state index is -1.72. The highest BCUT2D eigenvalue weighted by molar-refractivity contribution is 6.05. The molecular formula is C11H19NO5. The fourth-order valence-corrected chi connectivity index (χ4v) is 1.50. The lowest BCUT2D eigenvalue weighted by Gasteiger charge is -2.19. The summed E-state index contributed by atoms with van der Waals surface area (Å²) in [6.07, 6.45) is 0. The van der Waals surface area contributed by atoms with Crippen LogP contribution in [-0.4, -0.2) is 41.5 Å². The van der Waals surface area contributed by atoms with E-state index in [1.54, 1.807) is 13.8 Å². The average Bonchev–Trinajstić information content (AvgIpc) is 2.94. The number of hydrogen-bond acceptors (Lipinski definition) is 6. The second-order valence-electron chi connectivity index (χ2n) is 4.64. The molecule has 1 rings (SSSR count). The van der Waals surface area contributed by atoms with Crippen molar-refractivity contribution in [3.05, 3.63) is 0 Å². The van der Waals surface area contributed by atoms with Gasteiger partial charge in [-0.05, 0) is 34.6 Å². The Morgan fingerprint density at radius 2 is 1.53 bits per heavy atom. The Balaban J connectivity index is 2.91. The summed E-state index contributed by atoms with van der Waals surface area (Å²) in [4.78, 5) is 28.8. The van der Waals surface area contributed by atoms with E-state index in [0.29, 0.717) is 0 Å². The summed E-state index contributed by atoms with van der Waals surface area (Å²) in [6, 6.07) is 0. The summed E-state index contributed by atoms with van der Waals surface area (Å²) in [5.74, 6) is -1.46. The molecule has 1 unspecified atom stereocenters. The summed E-state index contributed by atoms with van der Waals surface area (Å²) in [6.45, 7) is 9.18. The first-order valence-electron chi connectivity index (χ1n) is 5.64. The van der Waals surface area contributed by atoms with Crippen LogP contribution in [0, 0.1) is 0 Å². The fourth-order valence-electron chi connectivity index (χ4n) is 1.50. The van der Waals surface area contributed by atoms with Crippen LogP contribution in [0.3, 0.4) is 0 Å². The van der Waals surface area contributed by atoms with Crippen molar-refractivity contribution in [2.45, 2.75) is 45.9 Å². The van der Waals surface area contributed by atoms with Crippen molar-refractivity contribution in [1.29, 1.82) is 0 Å². The van der Waals surface area contributed by atoms with Gasteiger partial charge >= 0.3 is 17.7 Å². The van der Waals surface area contributed by atoms with Gasteiger partial charge < -0.3 is 9.47 Å². The zero-order valence-electron chi connectivity index (χ0n) is 10.9. The monoisotopic (exact) mass is 245 g/mol. The molecule has 0 amide bonds. The number of hydrogen-bond donors (Lipinski definition) is 0. The topological polar surface area (TPSA) is 68.1 Å². The maximum absolute atomic E-state index is 11.8. The molecule has 0 aliphatic carbocycles. The van der Waals surface area contributed by atoms with Crippen molar-refractivity contribution in [2.24, 2.45) is 0 Å². The molecule has 1 saturated heterocycles. The van der Waals surface area contributed by atoms with Gasteiger partial charge in [-0.25, -0.2) is 14.4 Å². The molecule has 6 nitrogen and oxygen atoms in total. The molecule has 0 aromatic heterocycles. The Bertz CT molecular complexity index is 302. The lowest BCUT2D eigenvalue weighted by Crippen LogP contribution is -2.45. The van der Waals surface area contributed by atoms with Crippen molar-refractivity contribution in [1.82, 2.24) is 5.06 Å². The number of esters is 2. The van der Waals surface area contributed by atoms with E-state index in [1.165, 1.54) is 5.06 Å². The van der Waals surface area contributed by atoms with Crippen molar-refractivity contribution in [3.8, 4) is 0 Å². The van der Waals surface area contributed by atoms with E-state index in [0.717, 1.165) is 0 Å². The zero-order chi connectivity index (χ0) is 13.3. The molecule has 0 N–H and O–H groups in total. The SMILES string of the molecule is CCOC(=O)C1(C(=O)OCC)ON1C(C)(C)C. The number of ether oxygens (including phenoxy) is 2. The third-order valence-electron chi connectivity index (χ3n) is 2.19. The molecule has 17 heavy (non-hydrogen) atoms. The molecule has 1 atom stereocenters. The highest BCUT2D eigenvalue weighted by Gasteiger charge is 2.74. The number of hydroxylamine groups is 2. The van der Waals surface area contributed by atoms with E-state index >= 15 is 0 Å². The van der Waals surface area contributed by atoms with Crippen molar-refractivity contribution in [3.63, 3.8) is 0 Å². The predicted octanol–water partition coefficient (Wildman–Crippen LogP) is 0.855. The molecule has 0 bridgehead atoms. The van der Waals surface area contributed by atoms with Crippen LogP contribution in [0.5, 0.6) is 0 Å². The lowest BCUT2D eigenvalue weighted by molar-refractivity contribution is -0.164. The van der Waals surface area contributed by atoms with Crippen LogP contribution < -0.4 is 0 Å². The van der Waals surface area contributed by atoms with E-state index in [-0.39, 0.29) is 13.2 Å². The minimum absolute atomic E-state index is 0.182. The molecule has 0 spiro atoms. The van der Waals surface area contributed by atoms with Crippen LogP contribution in [0.1, 0.15) is 34.6 Å². The Kier molecular flexibility index (Phi) is 3.78. The number of nitrogens with zero attached hydrogens (tertiary/aromatic N) is 1. The molecule has 1 aliphatic heterocycles. The molecule has 0 radical (unpaired) electrons. The third kappa shape index (κ3) is 2.42. The maximum Gasteiger partial charge on any atom is 0.370 e. The highest BCUT2D eigenvalue weighted by Crippen LogP contribution is 2.43. The first-order valence-corrected chi connectivity index (χ1v) is 5.64. The molecule has 6 heteroatoms. The summed E-state index contributed by atoms with van der Waals surface area (Å²) < 4.78 is 9.71. The van der Waals surface area contributed by atoms with Crippen LogP contribution in [0.15, 0.2) is 0 Å². The molecular weight excluding hydrogens is 226 g/mol. The normalized spacial score (nSPS) is 21.8. The molecule has 0 aromatic rings. The molecule has 1 heterocycles. The summed E-state index contributed by atoms with van der Waals surface area (Å²) in [5.41, 5.74) is -2.20. The quantitative estimate of drug-likeness (QED) is 0.415. The van der Waals surface area contributed by atoms with E-state index in [2.05, 4.69) is 0 Å². The van der Waals surface area contributed by atoms with Gasteiger partial charge in [0, 0.05) is 5.54 Å². The van der Waals surface area contributed by atoms with Gasteiger partial charge in [0.05, 0.1) is 13.2 Å².